The Morgan fingerprint density at radius 1 is 1.00 bits per heavy atom. The number of hydrogen-bond donors (Lipinski definition) is 0. The summed E-state index contributed by atoms with van der Waals surface area (Å²) < 4.78 is 8.07. The molecule has 0 radical (unpaired) electrons. The molecule has 2 aromatic carbocycles. The minimum Gasteiger partial charge on any atom is -0.492 e. The number of anilines is 1. The number of rotatable bonds is 7. The molecule has 1 aliphatic rings. The Morgan fingerprint density at radius 3 is 2.52 bits per heavy atom. The number of hydrogen-bond acceptors (Lipinski definition) is 5. The van der Waals surface area contributed by atoms with Crippen LogP contribution >= 0.6 is 0 Å². The molecule has 0 N–H and O–H groups in total. The first-order chi connectivity index (χ1) is 16.3. The fraction of sp³-hybridized carbons (Fsp3) is 0.333. The zero-order chi connectivity index (χ0) is 22.6. The number of aryl methyl sites for hydroxylation is 1. The van der Waals surface area contributed by atoms with Gasteiger partial charge in [0.25, 0.3) is 0 Å². The van der Waals surface area contributed by atoms with Gasteiger partial charge in [-0.1, -0.05) is 43.7 Å². The van der Waals surface area contributed by atoms with Crippen molar-refractivity contribution < 1.29 is 4.74 Å². The fourth-order valence-corrected chi connectivity index (χ4v) is 4.69. The maximum Gasteiger partial charge on any atom is 0.157 e. The van der Waals surface area contributed by atoms with Gasteiger partial charge in [0.15, 0.2) is 5.65 Å². The second-order valence-corrected chi connectivity index (χ2v) is 8.51. The average Bonchev–Trinajstić information content (AvgIpc) is 3.24. The van der Waals surface area contributed by atoms with E-state index in [0.717, 1.165) is 79.4 Å². The van der Waals surface area contributed by atoms with Crippen molar-refractivity contribution in [3.05, 3.63) is 71.8 Å². The number of nitriles is 1. The molecule has 1 fully saturated rings. The van der Waals surface area contributed by atoms with Gasteiger partial charge in [-0.15, -0.1) is 0 Å². The highest BCUT2D eigenvalue weighted by Crippen LogP contribution is 2.30. The van der Waals surface area contributed by atoms with Crippen LogP contribution in [0.25, 0.3) is 16.7 Å². The molecule has 6 heteroatoms. The number of fused-ring (bicyclic) bond motifs is 3. The van der Waals surface area contributed by atoms with Crippen molar-refractivity contribution >= 4 is 22.5 Å². The van der Waals surface area contributed by atoms with E-state index in [1.165, 1.54) is 0 Å². The van der Waals surface area contributed by atoms with Crippen molar-refractivity contribution in [1.82, 2.24) is 14.3 Å². The van der Waals surface area contributed by atoms with Crippen molar-refractivity contribution in [2.24, 2.45) is 0 Å². The minimum absolute atomic E-state index is 0.692. The molecule has 5 rings (SSSR count). The highest BCUT2D eigenvalue weighted by atomic mass is 16.5. The quantitative estimate of drug-likeness (QED) is 0.424. The number of benzene rings is 2. The van der Waals surface area contributed by atoms with Crippen molar-refractivity contribution in [3.8, 4) is 11.8 Å². The molecule has 6 nitrogen and oxygen atoms in total. The molecule has 0 saturated carbocycles. The summed E-state index contributed by atoms with van der Waals surface area (Å²) in [4.78, 5) is 9.75. The summed E-state index contributed by atoms with van der Waals surface area (Å²) in [6.07, 6.45) is 1.88. The number of para-hydroxylation sites is 3. The SMILES string of the molecule is CCCc1cc(N2CCN(CCOc3ccccc3)CC2)n2c(nc3ccccc32)c1C#N. The summed E-state index contributed by atoms with van der Waals surface area (Å²) in [6, 6.07) is 22.8. The highest BCUT2D eigenvalue weighted by Gasteiger charge is 2.23. The van der Waals surface area contributed by atoms with Crippen LogP contribution in [-0.2, 0) is 6.42 Å². The van der Waals surface area contributed by atoms with Gasteiger partial charge >= 0.3 is 0 Å². The molecule has 168 valence electrons. The Hall–Kier alpha value is -3.56. The molecule has 0 amide bonds. The Labute approximate surface area is 194 Å². The van der Waals surface area contributed by atoms with Gasteiger partial charge in [0.2, 0.25) is 0 Å². The first kappa shape index (κ1) is 21.3. The van der Waals surface area contributed by atoms with E-state index in [4.69, 9.17) is 9.72 Å². The Bertz CT molecular complexity index is 1280. The van der Waals surface area contributed by atoms with Crippen LogP contribution < -0.4 is 9.64 Å². The molecule has 1 saturated heterocycles. The van der Waals surface area contributed by atoms with Crippen LogP contribution in [-0.4, -0.2) is 53.6 Å². The van der Waals surface area contributed by atoms with Crippen molar-refractivity contribution in [2.75, 3.05) is 44.2 Å². The maximum atomic E-state index is 9.93. The molecule has 33 heavy (non-hydrogen) atoms. The number of imidazole rings is 1. The molecule has 0 atom stereocenters. The van der Waals surface area contributed by atoms with Gasteiger partial charge in [0.1, 0.15) is 24.2 Å². The van der Waals surface area contributed by atoms with Crippen LogP contribution in [0.1, 0.15) is 24.5 Å². The van der Waals surface area contributed by atoms with Gasteiger partial charge in [-0.2, -0.15) is 5.26 Å². The lowest BCUT2D eigenvalue weighted by Crippen LogP contribution is -2.48. The molecule has 1 aliphatic heterocycles. The van der Waals surface area contributed by atoms with Crippen molar-refractivity contribution in [3.63, 3.8) is 0 Å². The molecule has 4 aromatic rings. The van der Waals surface area contributed by atoms with E-state index in [-0.39, 0.29) is 0 Å². The Balaban J connectivity index is 1.38. The summed E-state index contributed by atoms with van der Waals surface area (Å²) in [5.74, 6) is 2.06. The van der Waals surface area contributed by atoms with E-state index in [9.17, 15) is 5.26 Å². The minimum atomic E-state index is 0.692. The lowest BCUT2D eigenvalue weighted by Gasteiger charge is -2.36. The zero-order valence-corrected chi connectivity index (χ0v) is 19.1. The molecule has 0 spiro atoms. The van der Waals surface area contributed by atoms with Gasteiger partial charge in [-0.3, -0.25) is 9.30 Å². The normalized spacial score (nSPS) is 14.6. The van der Waals surface area contributed by atoms with E-state index in [2.05, 4.69) is 39.3 Å². The molecule has 3 heterocycles. The lowest BCUT2D eigenvalue weighted by molar-refractivity contribution is 0.200. The summed E-state index contributed by atoms with van der Waals surface area (Å²) >= 11 is 0. The van der Waals surface area contributed by atoms with Crippen LogP contribution in [0.15, 0.2) is 60.7 Å². The average molecular weight is 440 g/mol. The third-order valence-corrected chi connectivity index (χ3v) is 6.38. The third-order valence-electron chi connectivity index (χ3n) is 6.38. The van der Waals surface area contributed by atoms with Crippen molar-refractivity contribution in [2.45, 2.75) is 19.8 Å². The van der Waals surface area contributed by atoms with Gasteiger partial charge in [0, 0.05) is 32.7 Å². The predicted molar refractivity (Wildman–Crippen MR) is 132 cm³/mol. The molecule has 0 aliphatic carbocycles. The second kappa shape index (κ2) is 9.51. The smallest absolute Gasteiger partial charge is 0.157 e. The second-order valence-electron chi connectivity index (χ2n) is 8.51. The highest BCUT2D eigenvalue weighted by molar-refractivity contribution is 5.85. The first-order valence-electron chi connectivity index (χ1n) is 11.8. The topological polar surface area (TPSA) is 56.8 Å². The number of aromatic nitrogens is 2. The molecule has 0 bridgehead atoms. The summed E-state index contributed by atoms with van der Waals surface area (Å²) in [5, 5.41) is 9.93. The summed E-state index contributed by atoms with van der Waals surface area (Å²) in [7, 11) is 0. The zero-order valence-electron chi connectivity index (χ0n) is 19.1. The van der Waals surface area contributed by atoms with Crippen LogP contribution in [0.5, 0.6) is 5.75 Å². The van der Waals surface area contributed by atoms with Gasteiger partial charge in [-0.25, -0.2) is 4.98 Å². The molecular weight excluding hydrogens is 410 g/mol. The third kappa shape index (κ3) is 4.24. The van der Waals surface area contributed by atoms with E-state index >= 15 is 0 Å². The summed E-state index contributed by atoms with van der Waals surface area (Å²) in [6.45, 7) is 7.60. The van der Waals surface area contributed by atoms with E-state index in [0.29, 0.717) is 12.2 Å². The van der Waals surface area contributed by atoms with Crippen LogP contribution in [0.2, 0.25) is 0 Å². The fourth-order valence-electron chi connectivity index (χ4n) is 4.69. The molecule has 2 aromatic heterocycles. The van der Waals surface area contributed by atoms with Crippen LogP contribution in [0, 0.1) is 11.3 Å². The molecule has 0 unspecified atom stereocenters. The summed E-state index contributed by atoms with van der Waals surface area (Å²) in [5.41, 5.74) is 4.56. The first-order valence-corrected chi connectivity index (χ1v) is 11.8. The standard InChI is InChI=1S/C27H29N5O/c1-2-8-21-19-26(32-25-12-7-6-11-24(25)29-27(32)23(21)20-28)31-15-13-30(14-16-31)17-18-33-22-9-4-3-5-10-22/h3-7,9-12,19H,2,8,13-18H2,1H3. The number of nitrogens with zero attached hydrogens (tertiary/aromatic N) is 5. The monoisotopic (exact) mass is 439 g/mol. The lowest BCUT2D eigenvalue weighted by atomic mass is 10.1. The van der Waals surface area contributed by atoms with Gasteiger partial charge in [-0.05, 0) is 42.3 Å². The number of pyridine rings is 1. The largest absolute Gasteiger partial charge is 0.492 e. The van der Waals surface area contributed by atoms with Crippen molar-refractivity contribution in [1.29, 1.82) is 5.26 Å². The van der Waals surface area contributed by atoms with Crippen LogP contribution in [0.4, 0.5) is 5.82 Å². The van der Waals surface area contributed by atoms with E-state index in [1.807, 2.05) is 48.5 Å². The maximum absolute atomic E-state index is 9.93. The Kier molecular flexibility index (Phi) is 6.14. The van der Waals surface area contributed by atoms with Gasteiger partial charge < -0.3 is 9.64 Å². The van der Waals surface area contributed by atoms with E-state index in [1.54, 1.807) is 0 Å². The van der Waals surface area contributed by atoms with E-state index < -0.39 is 0 Å². The van der Waals surface area contributed by atoms with Gasteiger partial charge in [0.05, 0.1) is 16.6 Å². The number of piperazine rings is 1. The van der Waals surface area contributed by atoms with Crippen LogP contribution in [0.3, 0.4) is 0 Å². The molecular formula is C27H29N5O. The predicted octanol–water partition coefficient (Wildman–Crippen LogP) is 4.51. The Morgan fingerprint density at radius 2 is 1.76 bits per heavy atom. The number of ether oxygens (including phenoxy) is 1.